The quantitative estimate of drug-likeness (QED) is 0.441. The SMILES string of the molecule is NC(=O)c1cccc(Br)c1N=C(N)N=C(N)N. The predicted molar refractivity (Wildman–Crippen MR) is 69.8 cm³/mol. The van der Waals surface area contributed by atoms with Crippen molar-refractivity contribution in [2.75, 3.05) is 0 Å². The predicted octanol–water partition coefficient (Wildman–Crippen LogP) is -0.232. The van der Waals surface area contributed by atoms with Crippen LogP contribution in [0.25, 0.3) is 0 Å². The highest BCUT2D eigenvalue weighted by Crippen LogP contribution is 2.29. The molecule has 0 heterocycles. The van der Waals surface area contributed by atoms with Crippen molar-refractivity contribution in [3.63, 3.8) is 0 Å². The number of primary amides is 1. The van der Waals surface area contributed by atoms with Gasteiger partial charge in [-0.3, -0.25) is 4.79 Å². The number of benzene rings is 1. The monoisotopic (exact) mass is 298 g/mol. The van der Waals surface area contributed by atoms with Crippen LogP contribution in [0.2, 0.25) is 0 Å². The van der Waals surface area contributed by atoms with Crippen molar-refractivity contribution in [3.05, 3.63) is 28.2 Å². The summed E-state index contributed by atoms with van der Waals surface area (Å²) in [7, 11) is 0. The average molecular weight is 299 g/mol. The van der Waals surface area contributed by atoms with Gasteiger partial charge in [-0.2, -0.15) is 4.99 Å². The number of aliphatic imine (C=N–C) groups is 2. The fourth-order valence-corrected chi connectivity index (χ4v) is 1.55. The smallest absolute Gasteiger partial charge is 0.250 e. The molecule has 0 aromatic heterocycles. The van der Waals surface area contributed by atoms with E-state index in [1.54, 1.807) is 12.1 Å². The first-order chi connectivity index (χ1) is 7.91. The lowest BCUT2D eigenvalue weighted by Crippen LogP contribution is -2.26. The number of carbonyl (C=O) groups excluding carboxylic acids is 1. The average Bonchev–Trinajstić information content (AvgIpc) is 2.19. The molecule has 0 aliphatic heterocycles. The minimum atomic E-state index is -0.623. The number of guanidine groups is 2. The Morgan fingerprint density at radius 2 is 1.82 bits per heavy atom. The molecule has 1 amide bonds. The van der Waals surface area contributed by atoms with Crippen LogP contribution in [0.1, 0.15) is 10.4 Å². The summed E-state index contributed by atoms with van der Waals surface area (Å²) in [6, 6.07) is 4.86. The zero-order chi connectivity index (χ0) is 13.0. The van der Waals surface area contributed by atoms with Gasteiger partial charge in [0.2, 0.25) is 5.96 Å². The van der Waals surface area contributed by atoms with Crippen LogP contribution in [0.15, 0.2) is 32.7 Å². The van der Waals surface area contributed by atoms with Crippen molar-refractivity contribution < 1.29 is 4.79 Å². The number of para-hydroxylation sites is 1. The second kappa shape index (κ2) is 5.30. The molecule has 0 unspecified atom stereocenters. The van der Waals surface area contributed by atoms with E-state index in [0.29, 0.717) is 4.47 Å². The second-order valence-corrected chi connectivity index (χ2v) is 3.86. The van der Waals surface area contributed by atoms with E-state index in [2.05, 4.69) is 25.9 Å². The molecule has 8 N–H and O–H groups in total. The molecule has 1 rings (SSSR count). The number of hydrogen-bond acceptors (Lipinski definition) is 2. The first-order valence-corrected chi connectivity index (χ1v) is 5.23. The van der Waals surface area contributed by atoms with Crippen LogP contribution in [0.3, 0.4) is 0 Å². The standard InChI is InChI=1S/C9H11BrN6O/c10-5-3-1-2-4(7(11)17)6(5)15-9(14)16-8(12)13/h1-3H,(H2,11,17)(H6,12,13,14,15,16). The summed E-state index contributed by atoms with van der Waals surface area (Å²) in [6.07, 6.45) is 0. The Balaban J connectivity index is 3.31. The van der Waals surface area contributed by atoms with Gasteiger partial charge in [-0.05, 0) is 28.1 Å². The normalized spacial score (nSPS) is 11.0. The molecule has 0 saturated carbocycles. The zero-order valence-electron chi connectivity index (χ0n) is 8.72. The maximum Gasteiger partial charge on any atom is 0.250 e. The first-order valence-electron chi connectivity index (χ1n) is 4.44. The van der Waals surface area contributed by atoms with Crippen molar-refractivity contribution in [1.29, 1.82) is 0 Å². The molecule has 0 atom stereocenters. The maximum absolute atomic E-state index is 11.2. The summed E-state index contributed by atoms with van der Waals surface area (Å²) < 4.78 is 0.558. The van der Waals surface area contributed by atoms with Crippen LogP contribution in [0, 0.1) is 0 Å². The summed E-state index contributed by atoms with van der Waals surface area (Å²) in [6.45, 7) is 0. The van der Waals surface area contributed by atoms with E-state index in [0.717, 1.165) is 0 Å². The molecule has 90 valence electrons. The van der Waals surface area contributed by atoms with Gasteiger partial charge in [0, 0.05) is 4.47 Å². The number of halogens is 1. The van der Waals surface area contributed by atoms with Crippen molar-refractivity contribution in [2.45, 2.75) is 0 Å². The summed E-state index contributed by atoms with van der Waals surface area (Å²) in [5.41, 5.74) is 21.5. The van der Waals surface area contributed by atoms with Crippen molar-refractivity contribution in [3.8, 4) is 0 Å². The summed E-state index contributed by atoms with van der Waals surface area (Å²) in [5, 5.41) is 0. The third-order valence-corrected chi connectivity index (χ3v) is 2.36. The van der Waals surface area contributed by atoms with Gasteiger partial charge in [0.15, 0.2) is 5.96 Å². The Bertz CT molecular complexity index is 506. The molecule has 0 aliphatic carbocycles. The van der Waals surface area contributed by atoms with Gasteiger partial charge in [-0.1, -0.05) is 6.07 Å². The minimum Gasteiger partial charge on any atom is -0.370 e. The van der Waals surface area contributed by atoms with Gasteiger partial charge in [0.1, 0.15) is 0 Å². The van der Waals surface area contributed by atoms with E-state index in [4.69, 9.17) is 22.9 Å². The highest BCUT2D eigenvalue weighted by molar-refractivity contribution is 9.10. The molecule has 0 saturated heterocycles. The van der Waals surface area contributed by atoms with Gasteiger partial charge in [0.25, 0.3) is 5.91 Å². The van der Waals surface area contributed by atoms with Gasteiger partial charge >= 0.3 is 0 Å². The van der Waals surface area contributed by atoms with Gasteiger partial charge < -0.3 is 22.9 Å². The largest absolute Gasteiger partial charge is 0.370 e. The van der Waals surface area contributed by atoms with E-state index in [1.165, 1.54) is 6.07 Å². The number of hydrogen-bond donors (Lipinski definition) is 4. The van der Waals surface area contributed by atoms with E-state index in [1.807, 2.05) is 0 Å². The van der Waals surface area contributed by atoms with Crippen molar-refractivity contribution in [2.24, 2.45) is 32.9 Å². The molecule has 0 fully saturated rings. The fraction of sp³-hybridized carbons (Fsp3) is 0. The van der Waals surface area contributed by atoms with Gasteiger partial charge in [-0.15, -0.1) is 0 Å². The third kappa shape index (κ3) is 3.45. The molecular weight excluding hydrogens is 288 g/mol. The Morgan fingerprint density at radius 3 is 2.35 bits per heavy atom. The van der Waals surface area contributed by atoms with Crippen LogP contribution >= 0.6 is 15.9 Å². The highest BCUT2D eigenvalue weighted by Gasteiger charge is 2.10. The number of amides is 1. The fourth-order valence-electron chi connectivity index (χ4n) is 1.10. The van der Waals surface area contributed by atoms with Crippen LogP contribution in [-0.2, 0) is 0 Å². The lowest BCUT2D eigenvalue weighted by atomic mass is 10.2. The van der Waals surface area contributed by atoms with Crippen LogP contribution in [0.4, 0.5) is 5.69 Å². The molecule has 7 nitrogen and oxygen atoms in total. The van der Waals surface area contributed by atoms with Gasteiger partial charge in [-0.25, -0.2) is 4.99 Å². The Kier molecular flexibility index (Phi) is 4.05. The van der Waals surface area contributed by atoms with Crippen LogP contribution in [-0.4, -0.2) is 17.8 Å². The Labute approximate surface area is 106 Å². The molecular formula is C9H11BrN6O. The summed E-state index contributed by atoms with van der Waals surface area (Å²) in [4.78, 5) is 18.6. The van der Waals surface area contributed by atoms with Crippen molar-refractivity contribution in [1.82, 2.24) is 0 Å². The molecule has 0 bridgehead atoms. The van der Waals surface area contributed by atoms with E-state index >= 15 is 0 Å². The highest BCUT2D eigenvalue weighted by atomic mass is 79.9. The second-order valence-electron chi connectivity index (χ2n) is 3.01. The third-order valence-electron chi connectivity index (χ3n) is 1.72. The topological polar surface area (TPSA) is 146 Å². The maximum atomic E-state index is 11.2. The minimum absolute atomic E-state index is 0.167. The summed E-state index contributed by atoms with van der Waals surface area (Å²) >= 11 is 3.23. The molecule has 1 aromatic rings. The van der Waals surface area contributed by atoms with Gasteiger partial charge in [0.05, 0.1) is 11.3 Å². The number of nitrogens with zero attached hydrogens (tertiary/aromatic N) is 2. The van der Waals surface area contributed by atoms with Crippen molar-refractivity contribution >= 4 is 39.4 Å². The molecule has 0 aliphatic rings. The molecule has 0 spiro atoms. The zero-order valence-corrected chi connectivity index (χ0v) is 10.3. The molecule has 1 aromatic carbocycles. The number of rotatable bonds is 2. The lowest BCUT2D eigenvalue weighted by molar-refractivity contribution is 0.100. The lowest BCUT2D eigenvalue weighted by Gasteiger charge is -2.04. The van der Waals surface area contributed by atoms with E-state index in [9.17, 15) is 4.79 Å². The molecule has 0 radical (unpaired) electrons. The number of carbonyl (C=O) groups is 1. The number of nitrogens with two attached hydrogens (primary N) is 4. The molecule has 8 heteroatoms. The van der Waals surface area contributed by atoms with E-state index in [-0.39, 0.29) is 23.2 Å². The van der Waals surface area contributed by atoms with Crippen LogP contribution < -0.4 is 22.9 Å². The first kappa shape index (κ1) is 13.0. The van der Waals surface area contributed by atoms with E-state index < -0.39 is 5.91 Å². The summed E-state index contributed by atoms with van der Waals surface area (Å²) in [5.74, 6) is -1.01. The molecule has 17 heavy (non-hydrogen) atoms. The van der Waals surface area contributed by atoms with Crippen LogP contribution in [0.5, 0.6) is 0 Å². The Morgan fingerprint density at radius 1 is 1.18 bits per heavy atom. The Hall–Kier alpha value is -2.09.